The quantitative estimate of drug-likeness (QED) is 0.0567. The number of rotatable bonds is 15. The van der Waals surface area contributed by atoms with Crippen LogP contribution in [0.25, 0.3) is 11.2 Å². The molecule has 0 saturated carbocycles. The number of methoxy groups -OCH3 is 2. The molecular formula is C23H35N9O14P2S. The van der Waals surface area contributed by atoms with Crippen LogP contribution in [0.2, 0.25) is 0 Å². The van der Waals surface area contributed by atoms with Crippen molar-refractivity contribution in [3.8, 4) is 0 Å². The SMILES string of the molecule is COCCN[P@](=O)(OC[C@H]1O[C@@H](n2ccc(N)nc2=O)[C@H](O)[C@@H]1O)O[C@H]1[C@@H](OC)[C@H](n2cnc3c(=O)[nH]c(N)nc32)O[C@@H]1COP(O)(O)=S. The Kier molecular flexibility index (Phi) is 11.6. The monoisotopic (exact) mass is 755 g/mol. The summed E-state index contributed by atoms with van der Waals surface area (Å²) in [5.41, 5.74) is 9.69. The lowest BCUT2D eigenvalue weighted by Gasteiger charge is -2.29. The molecule has 0 aromatic carbocycles. The van der Waals surface area contributed by atoms with Crippen molar-refractivity contribution < 1.29 is 57.1 Å². The normalized spacial score (nSPS) is 28.7. The van der Waals surface area contributed by atoms with E-state index in [2.05, 4.69) is 36.8 Å². The molecule has 0 aliphatic carbocycles. The van der Waals surface area contributed by atoms with Crippen molar-refractivity contribution in [3.63, 3.8) is 0 Å². The smallest absolute Gasteiger partial charge is 0.387 e. The molecule has 2 aliphatic rings. The number of aromatic nitrogens is 6. The van der Waals surface area contributed by atoms with Gasteiger partial charge in [0.2, 0.25) is 5.95 Å². The minimum atomic E-state index is -4.50. The lowest BCUT2D eigenvalue weighted by Crippen LogP contribution is -2.39. The second-order valence-corrected chi connectivity index (χ2v) is 15.1. The van der Waals surface area contributed by atoms with Crippen molar-refractivity contribution in [3.05, 3.63) is 39.4 Å². The third kappa shape index (κ3) is 8.41. The fourth-order valence-corrected chi connectivity index (χ4v) is 7.22. The van der Waals surface area contributed by atoms with Gasteiger partial charge in [-0.15, -0.1) is 0 Å². The van der Waals surface area contributed by atoms with E-state index in [4.69, 9.17) is 44.0 Å². The standard InChI is InChI=1S/C23H35N9O14P2S/c1-40-6-4-27-47(37,42-7-10-14(33)15(34)20(44-10)31-5-3-12(24)28-23(31)36)46-16-11(8-43-48(38,39)49)45-21(17(16)41-2)32-9-26-13-18(32)29-22(25)30-19(13)35/h3,5,9-11,14-17,20-21,33-34H,4,6-8H2,1-2H3,(H,27,37)(H2,24,28,36)(H2,38,39,49)(H3,25,29,30,35)/t10-,11-,14-,15-,16-,17-,20-,21-,47+/m1/s1. The van der Waals surface area contributed by atoms with Crippen molar-refractivity contribution in [2.75, 3.05) is 52.1 Å². The molecule has 3 aromatic rings. The average Bonchev–Trinajstić information content (AvgIpc) is 3.68. The minimum Gasteiger partial charge on any atom is -0.387 e. The van der Waals surface area contributed by atoms with E-state index in [1.54, 1.807) is 0 Å². The highest BCUT2D eigenvalue weighted by Crippen LogP contribution is 2.50. The van der Waals surface area contributed by atoms with Crippen molar-refractivity contribution in [1.29, 1.82) is 0 Å². The summed E-state index contributed by atoms with van der Waals surface area (Å²) < 4.78 is 55.7. The van der Waals surface area contributed by atoms with E-state index >= 15 is 0 Å². The molecule has 26 heteroatoms. The van der Waals surface area contributed by atoms with Crippen LogP contribution in [-0.4, -0.2) is 126 Å². The number of fused-ring (bicyclic) bond motifs is 1. The maximum absolute atomic E-state index is 14.3. The number of hydrogen-bond acceptors (Lipinski definition) is 18. The number of nitrogens with one attached hydrogen (secondary N) is 2. The summed E-state index contributed by atoms with van der Waals surface area (Å²) in [5, 5.41) is 24.0. The summed E-state index contributed by atoms with van der Waals surface area (Å²) in [6.45, 7) is -5.52. The second kappa shape index (κ2) is 15.2. The van der Waals surface area contributed by atoms with Gasteiger partial charge < -0.3 is 54.9 Å². The fourth-order valence-electron chi connectivity index (χ4n) is 5.19. The van der Waals surface area contributed by atoms with Gasteiger partial charge in [0.15, 0.2) is 23.6 Å². The highest BCUT2D eigenvalue weighted by Gasteiger charge is 2.52. The van der Waals surface area contributed by atoms with Crippen LogP contribution in [0.15, 0.2) is 28.2 Å². The van der Waals surface area contributed by atoms with Gasteiger partial charge in [0.25, 0.3) is 5.56 Å². The lowest BCUT2D eigenvalue weighted by molar-refractivity contribution is -0.0571. The van der Waals surface area contributed by atoms with E-state index in [9.17, 15) is 34.2 Å². The zero-order valence-electron chi connectivity index (χ0n) is 25.7. The van der Waals surface area contributed by atoms with Crippen LogP contribution in [-0.2, 0) is 48.9 Å². The summed E-state index contributed by atoms with van der Waals surface area (Å²) in [6.07, 6.45) is -8.58. The molecule has 2 aliphatic heterocycles. The molecule has 272 valence electrons. The van der Waals surface area contributed by atoms with Gasteiger partial charge in [-0.1, -0.05) is 0 Å². The van der Waals surface area contributed by atoms with Gasteiger partial charge in [0.1, 0.15) is 42.4 Å². The summed E-state index contributed by atoms with van der Waals surface area (Å²) in [6, 6.07) is 1.29. The van der Waals surface area contributed by atoms with Crippen LogP contribution in [0.1, 0.15) is 12.5 Å². The number of aromatic amines is 1. The molecule has 2 saturated heterocycles. The third-order valence-corrected chi connectivity index (χ3v) is 9.86. The first-order valence-corrected chi connectivity index (χ1v) is 18.5. The zero-order chi connectivity index (χ0) is 35.7. The molecule has 0 spiro atoms. The Morgan fingerprint density at radius 2 is 1.76 bits per heavy atom. The molecule has 0 unspecified atom stereocenters. The van der Waals surface area contributed by atoms with E-state index in [0.29, 0.717) is 0 Å². The highest BCUT2D eigenvalue weighted by molar-refractivity contribution is 8.06. The molecule has 10 N–H and O–H groups in total. The molecule has 23 nitrogen and oxygen atoms in total. The van der Waals surface area contributed by atoms with Gasteiger partial charge in [-0.25, -0.2) is 19.4 Å². The summed E-state index contributed by atoms with van der Waals surface area (Å²) in [7, 11) is -1.83. The first kappa shape index (κ1) is 37.5. The number of ether oxygens (including phenoxy) is 4. The van der Waals surface area contributed by atoms with Gasteiger partial charge in [-0.3, -0.25) is 28.0 Å². The van der Waals surface area contributed by atoms with E-state index in [0.717, 1.165) is 4.57 Å². The summed E-state index contributed by atoms with van der Waals surface area (Å²) >= 11 is 4.58. The molecule has 5 rings (SSSR count). The Labute approximate surface area is 280 Å². The largest absolute Gasteiger partial charge is 0.406 e. The Hall–Kier alpha value is -2.77. The van der Waals surface area contributed by atoms with Crippen molar-refractivity contribution in [2.45, 2.75) is 49.1 Å². The molecule has 0 amide bonds. The highest BCUT2D eigenvalue weighted by atomic mass is 32.5. The molecule has 49 heavy (non-hydrogen) atoms. The molecule has 3 aromatic heterocycles. The Balaban J connectivity index is 1.42. The van der Waals surface area contributed by atoms with Crippen LogP contribution in [0.3, 0.4) is 0 Å². The topological polar surface area (TPSA) is 325 Å². The number of hydrogen-bond donors (Lipinski definition) is 8. The van der Waals surface area contributed by atoms with E-state index in [-0.39, 0.29) is 36.1 Å². The molecule has 2 fully saturated rings. The number of imidazole rings is 1. The first-order chi connectivity index (χ1) is 23.1. The van der Waals surface area contributed by atoms with Gasteiger partial charge in [0.05, 0.1) is 26.1 Å². The number of H-pyrrole nitrogens is 1. The van der Waals surface area contributed by atoms with Crippen LogP contribution >= 0.6 is 14.5 Å². The van der Waals surface area contributed by atoms with Gasteiger partial charge in [0, 0.05) is 27.0 Å². The van der Waals surface area contributed by atoms with E-state index in [1.807, 2.05) is 0 Å². The first-order valence-electron chi connectivity index (χ1n) is 14.3. The van der Waals surface area contributed by atoms with Crippen LogP contribution < -0.4 is 27.8 Å². The summed E-state index contributed by atoms with van der Waals surface area (Å²) in [5.74, 6) is -0.291. The summed E-state index contributed by atoms with van der Waals surface area (Å²) in [4.78, 5) is 58.4. The van der Waals surface area contributed by atoms with Crippen molar-refractivity contribution in [1.82, 2.24) is 34.2 Å². The predicted molar refractivity (Wildman–Crippen MR) is 169 cm³/mol. The lowest BCUT2D eigenvalue weighted by atomic mass is 10.1. The predicted octanol–water partition coefficient (Wildman–Crippen LogP) is -2.96. The Morgan fingerprint density at radius 3 is 2.43 bits per heavy atom. The fraction of sp³-hybridized carbons (Fsp3) is 0.609. The van der Waals surface area contributed by atoms with Crippen molar-refractivity contribution in [2.24, 2.45) is 0 Å². The molecule has 0 bridgehead atoms. The second-order valence-electron chi connectivity index (χ2n) is 10.7. The van der Waals surface area contributed by atoms with E-state index in [1.165, 1.54) is 37.4 Å². The number of aliphatic hydroxyl groups is 2. The van der Waals surface area contributed by atoms with Gasteiger partial charge in [-0.2, -0.15) is 9.97 Å². The van der Waals surface area contributed by atoms with Crippen molar-refractivity contribution >= 4 is 49.2 Å². The minimum absolute atomic E-state index is 0.00315. The molecule has 5 heterocycles. The maximum atomic E-state index is 14.3. The van der Waals surface area contributed by atoms with Gasteiger partial charge in [-0.05, 0) is 17.9 Å². The number of aliphatic hydroxyl groups excluding tert-OH is 2. The molecular weight excluding hydrogens is 720 g/mol. The van der Waals surface area contributed by atoms with Crippen LogP contribution in [0, 0.1) is 0 Å². The average molecular weight is 756 g/mol. The third-order valence-electron chi connectivity index (χ3n) is 7.43. The van der Waals surface area contributed by atoms with Gasteiger partial charge >= 0.3 is 20.2 Å². The Morgan fingerprint density at radius 1 is 1.04 bits per heavy atom. The molecule has 9 atom stereocenters. The maximum Gasteiger partial charge on any atom is 0.406 e. The number of anilines is 2. The van der Waals surface area contributed by atoms with Crippen LogP contribution in [0.4, 0.5) is 11.8 Å². The number of nitrogens with two attached hydrogens (primary N) is 2. The Bertz CT molecular complexity index is 1840. The van der Waals surface area contributed by atoms with E-state index < -0.39 is 88.0 Å². The zero-order valence-corrected chi connectivity index (χ0v) is 28.3. The number of nitrogens with zero attached hydrogens (tertiary/aromatic N) is 5. The van der Waals surface area contributed by atoms with Crippen LogP contribution in [0.5, 0.6) is 0 Å². The number of nitrogen functional groups attached to an aromatic ring is 2. The molecule has 0 radical (unpaired) electrons.